The van der Waals surface area contributed by atoms with E-state index in [1.165, 1.54) is 6.07 Å². The van der Waals surface area contributed by atoms with Crippen LogP contribution in [0.15, 0.2) is 59.5 Å². The lowest BCUT2D eigenvalue weighted by atomic mass is 10.1. The van der Waals surface area contributed by atoms with Gasteiger partial charge in [0.25, 0.3) is 10.0 Å². The first-order valence-corrected chi connectivity index (χ1v) is 11.3. The van der Waals surface area contributed by atoms with E-state index in [0.717, 1.165) is 15.3 Å². The lowest BCUT2D eigenvalue weighted by molar-refractivity contribution is -0.116. The van der Waals surface area contributed by atoms with E-state index >= 15 is 0 Å². The van der Waals surface area contributed by atoms with Gasteiger partial charge in [0.1, 0.15) is 6.04 Å². The number of carbonyl (C=O) groups excluding carboxylic acids is 2. The number of hydrogen-bond donors (Lipinski definition) is 1. The van der Waals surface area contributed by atoms with Gasteiger partial charge in [0.15, 0.2) is 0 Å². The van der Waals surface area contributed by atoms with Crippen molar-refractivity contribution >= 4 is 44.0 Å². The third kappa shape index (κ3) is 3.42. The summed E-state index contributed by atoms with van der Waals surface area (Å²) in [5.74, 6) is -0.993. The molecule has 31 heavy (non-hydrogen) atoms. The van der Waals surface area contributed by atoms with E-state index in [1.54, 1.807) is 57.2 Å². The summed E-state index contributed by atoms with van der Waals surface area (Å²) < 4.78 is 32.6. The molecule has 0 radical (unpaired) electrons. The van der Waals surface area contributed by atoms with Gasteiger partial charge in [-0.05, 0) is 56.0 Å². The predicted molar refractivity (Wildman–Crippen MR) is 119 cm³/mol. The van der Waals surface area contributed by atoms with Crippen molar-refractivity contribution in [1.29, 1.82) is 0 Å². The second-order valence-corrected chi connectivity index (χ2v) is 9.13. The van der Waals surface area contributed by atoms with Crippen molar-refractivity contribution in [3.63, 3.8) is 0 Å². The van der Waals surface area contributed by atoms with Crippen molar-refractivity contribution in [2.45, 2.75) is 31.7 Å². The molecule has 1 amide bonds. The maximum Gasteiger partial charge on any atom is 0.338 e. The minimum Gasteiger partial charge on any atom is -0.462 e. The van der Waals surface area contributed by atoms with Crippen LogP contribution < -0.4 is 9.62 Å². The normalized spacial score (nSPS) is 15.0. The third-order valence-electron chi connectivity index (χ3n) is 5.36. The fraction of sp³-hybridized carbons (Fsp3) is 0.217. The SMILES string of the molecule is CCOC(=O)c1ccc(C)c(NC(=O)[C@@H](C)N2c3cccc4cccc(c34)S2(=O)=O)c1. The highest BCUT2D eigenvalue weighted by molar-refractivity contribution is 7.93. The molecule has 8 heteroatoms. The summed E-state index contributed by atoms with van der Waals surface area (Å²) in [6.07, 6.45) is 0. The second-order valence-electron chi connectivity index (χ2n) is 7.35. The lowest BCUT2D eigenvalue weighted by Gasteiger charge is -2.25. The molecule has 1 N–H and O–H groups in total. The van der Waals surface area contributed by atoms with Crippen LogP contribution in [-0.4, -0.2) is 32.9 Å². The topological polar surface area (TPSA) is 92.8 Å². The number of carbonyl (C=O) groups is 2. The van der Waals surface area contributed by atoms with E-state index in [0.29, 0.717) is 22.3 Å². The minimum atomic E-state index is -3.88. The summed E-state index contributed by atoms with van der Waals surface area (Å²) in [7, 11) is -3.88. The van der Waals surface area contributed by atoms with Crippen molar-refractivity contribution in [3.05, 3.63) is 65.7 Å². The number of nitrogens with one attached hydrogen (secondary N) is 1. The van der Waals surface area contributed by atoms with Crippen molar-refractivity contribution in [2.75, 3.05) is 16.2 Å². The number of sulfonamides is 1. The van der Waals surface area contributed by atoms with Crippen LogP contribution in [0.3, 0.4) is 0 Å². The zero-order valence-corrected chi connectivity index (χ0v) is 18.2. The highest BCUT2D eigenvalue weighted by Crippen LogP contribution is 2.43. The zero-order chi connectivity index (χ0) is 22.3. The average molecular weight is 439 g/mol. The van der Waals surface area contributed by atoms with E-state index in [4.69, 9.17) is 4.74 Å². The lowest BCUT2D eigenvalue weighted by Crippen LogP contribution is -2.44. The Bertz CT molecular complexity index is 1310. The number of nitrogens with zero attached hydrogens (tertiary/aromatic N) is 1. The third-order valence-corrected chi connectivity index (χ3v) is 7.28. The van der Waals surface area contributed by atoms with Crippen molar-refractivity contribution < 1.29 is 22.7 Å². The summed E-state index contributed by atoms with van der Waals surface area (Å²) in [4.78, 5) is 25.3. The molecule has 0 saturated carbocycles. The van der Waals surface area contributed by atoms with Crippen LogP contribution in [0.4, 0.5) is 11.4 Å². The van der Waals surface area contributed by atoms with E-state index in [1.807, 2.05) is 12.1 Å². The van der Waals surface area contributed by atoms with Gasteiger partial charge in [-0.3, -0.25) is 9.10 Å². The summed E-state index contributed by atoms with van der Waals surface area (Å²) in [6, 6.07) is 14.3. The molecule has 3 aromatic rings. The Balaban J connectivity index is 1.67. The molecular formula is C23H22N2O5S. The maximum absolute atomic E-state index is 13.2. The van der Waals surface area contributed by atoms with Gasteiger partial charge in [-0.15, -0.1) is 0 Å². The van der Waals surface area contributed by atoms with Crippen LogP contribution in [0.2, 0.25) is 0 Å². The van der Waals surface area contributed by atoms with E-state index in [-0.39, 0.29) is 11.5 Å². The number of rotatable bonds is 5. The summed E-state index contributed by atoms with van der Waals surface area (Å²) in [6.45, 7) is 5.29. The molecule has 0 unspecified atom stereocenters. The molecule has 1 aliphatic rings. The van der Waals surface area contributed by atoms with Gasteiger partial charge in [-0.25, -0.2) is 13.2 Å². The number of benzene rings is 3. The molecule has 0 fully saturated rings. The molecular weight excluding hydrogens is 416 g/mol. The Labute approximate surface area is 180 Å². The standard InChI is InChI=1S/C23H22N2O5S/c1-4-30-23(27)17-12-11-14(2)18(13-17)24-22(26)15(3)25-19-9-5-7-16-8-6-10-20(21(16)19)31(25,28)29/h5-13,15H,4H2,1-3H3,(H,24,26)/t15-/m1/s1. The van der Waals surface area contributed by atoms with Crippen molar-refractivity contribution in [2.24, 2.45) is 0 Å². The molecule has 1 atom stereocenters. The molecule has 1 aliphatic heterocycles. The summed E-state index contributed by atoms with van der Waals surface area (Å²) >= 11 is 0. The molecule has 4 rings (SSSR count). The van der Waals surface area contributed by atoms with Crippen LogP contribution in [0.5, 0.6) is 0 Å². The summed E-state index contributed by atoms with van der Waals surface area (Å²) in [5.41, 5.74) is 1.95. The average Bonchev–Trinajstić information content (AvgIpc) is 2.97. The number of aryl methyl sites for hydroxylation is 1. The predicted octanol–water partition coefficient (Wildman–Crippen LogP) is 3.86. The molecule has 160 valence electrons. The Morgan fingerprint density at radius 2 is 1.81 bits per heavy atom. The van der Waals surface area contributed by atoms with Gasteiger partial charge in [-0.1, -0.05) is 30.3 Å². The van der Waals surface area contributed by atoms with Crippen LogP contribution in [0, 0.1) is 6.92 Å². The smallest absolute Gasteiger partial charge is 0.338 e. The first-order chi connectivity index (χ1) is 14.8. The van der Waals surface area contributed by atoms with E-state index in [9.17, 15) is 18.0 Å². The molecule has 3 aromatic carbocycles. The largest absolute Gasteiger partial charge is 0.462 e. The Morgan fingerprint density at radius 3 is 2.52 bits per heavy atom. The maximum atomic E-state index is 13.2. The fourth-order valence-electron chi connectivity index (χ4n) is 3.78. The first kappa shape index (κ1) is 20.9. The molecule has 0 spiro atoms. The monoisotopic (exact) mass is 438 g/mol. The van der Waals surface area contributed by atoms with Gasteiger partial charge < -0.3 is 10.1 Å². The van der Waals surface area contributed by atoms with E-state index in [2.05, 4.69) is 5.32 Å². The Hall–Kier alpha value is -3.39. The Morgan fingerprint density at radius 1 is 1.10 bits per heavy atom. The highest BCUT2D eigenvalue weighted by atomic mass is 32.2. The number of hydrogen-bond acceptors (Lipinski definition) is 5. The van der Waals surface area contributed by atoms with Gasteiger partial charge in [0.2, 0.25) is 5.91 Å². The van der Waals surface area contributed by atoms with Gasteiger partial charge in [-0.2, -0.15) is 0 Å². The van der Waals surface area contributed by atoms with Crippen molar-refractivity contribution in [3.8, 4) is 0 Å². The number of ether oxygens (including phenoxy) is 1. The minimum absolute atomic E-state index is 0.195. The zero-order valence-electron chi connectivity index (χ0n) is 17.4. The quantitative estimate of drug-likeness (QED) is 0.611. The Kier molecular flexibility index (Phi) is 5.18. The second kappa shape index (κ2) is 7.70. The first-order valence-electron chi connectivity index (χ1n) is 9.90. The molecule has 1 heterocycles. The number of amides is 1. The highest BCUT2D eigenvalue weighted by Gasteiger charge is 2.40. The van der Waals surface area contributed by atoms with E-state index < -0.39 is 27.9 Å². The molecule has 0 aliphatic carbocycles. The summed E-state index contributed by atoms with van der Waals surface area (Å²) in [5, 5.41) is 4.18. The van der Waals surface area contributed by atoms with Crippen molar-refractivity contribution in [1.82, 2.24) is 0 Å². The van der Waals surface area contributed by atoms with Crippen LogP contribution in [-0.2, 0) is 19.6 Å². The fourth-order valence-corrected chi connectivity index (χ4v) is 5.65. The van der Waals surface area contributed by atoms with Gasteiger partial charge >= 0.3 is 5.97 Å². The molecule has 0 saturated heterocycles. The molecule has 0 bridgehead atoms. The van der Waals surface area contributed by atoms with Crippen LogP contribution >= 0.6 is 0 Å². The molecule has 0 aromatic heterocycles. The van der Waals surface area contributed by atoms with Gasteiger partial charge in [0, 0.05) is 11.1 Å². The number of esters is 1. The number of anilines is 2. The van der Waals surface area contributed by atoms with Gasteiger partial charge in [0.05, 0.1) is 22.8 Å². The van der Waals surface area contributed by atoms with Crippen LogP contribution in [0.25, 0.3) is 10.8 Å². The molecule has 7 nitrogen and oxygen atoms in total. The van der Waals surface area contributed by atoms with Crippen LogP contribution in [0.1, 0.15) is 29.8 Å².